The topological polar surface area (TPSA) is 41.5 Å². The van der Waals surface area contributed by atoms with Crippen molar-refractivity contribution in [3.63, 3.8) is 0 Å². The Kier molecular flexibility index (Phi) is 4.51. The molecule has 21 heavy (non-hydrogen) atoms. The standard InChI is InChI=1S/C18H27NO2/c1-2-10-19-18(12-20,16-7-8-16)13-21-17-9-6-14-4-3-5-15(14)11-17/h6,9,11,16,19-20H,2-5,7-8,10,12-13H2,1H3. The highest BCUT2D eigenvalue weighted by atomic mass is 16.5. The first-order valence-corrected chi connectivity index (χ1v) is 8.38. The number of ether oxygens (including phenoxy) is 1. The van der Waals surface area contributed by atoms with Crippen molar-refractivity contribution in [3.05, 3.63) is 29.3 Å². The summed E-state index contributed by atoms with van der Waals surface area (Å²) in [5, 5.41) is 13.4. The fraction of sp³-hybridized carbons (Fsp3) is 0.667. The second kappa shape index (κ2) is 6.37. The number of hydrogen-bond donors (Lipinski definition) is 2. The number of benzene rings is 1. The van der Waals surface area contributed by atoms with Crippen LogP contribution in [0, 0.1) is 5.92 Å². The smallest absolute Gasteiger partial charge is 0.119 e. The molecule has 0 amide bonds. The number of rotatable bonds is 8. The van der Waals surface area contributed by atoms with Crippen molar-refractivity contribution in [2.45, 2.75) is 51.0 Å². The first-order chi connectivity index (χ1) is 10.3. The fourth-order valence-corrected chi connectivity index (χ4v) is 3.40. The highest BCUT2D eigenvalue weighted by Crippen LogP contribution is 2.40. The molecule has 116 valence electrons. The van der Waals surface area contributed by atoms with Gasteiger partial charge in [-0.2, -0.15) is 0 Å². The van der Waals surface area contributed by atoms with E-state index in [1.807, 2.05) is 0 Å². The number of fused-ring (bicyclic) bond motifs is 1. The molecule has 1 fully saturated rings. The second-order valence-electron chi connectivity index (χ2n) is 6.59. The van der Waals surface area contributed by atoms with Crippen molar-refractivity contribution < 1.29 is 9.84 Å². The minimum Gasteiger partial charge on any atom is -0.492 e. The Morgan fingerprint density at radius 1 is 1.29 bits per heavy atom. The maximum Gasteiger partial charge on any atom is 0.119 e. The van der Waals surface area contributed by atoms with Gasteiger partial charge in [0.05, 0.1) is 12.1 Å². The molecule has 0 aliphatic heterocycles. The maximum absolute atomic E-state index is 9.90. The maximum atomic E-state index is 9.90. The fourth-order valence-electron chi connectivity index (χ4n) is 3.40. The Hall–Kier alpha value is -1.06. The Labute approximate surface area is 127 Å². The molecular weight excluding hydrogens is 262 g/mol. The molecule has 0 saturated heterocycles. The SMILES string of the molecule is CCCNC(CO)(COc1ccc2c(c1)CCC2)C1CC1. The van der Waals surface area contributed by atoms with E-state index in [1.165, 1.54) is 43.2 Å². The molecule has 1 unspecified atom stereocenters. The second-order valence-corrected chi connectivity index (χ2v) is 6.59. The number of aryl methyl sites for hydroxylation is 2. The van der Waals surface area contributed by atoms with E-state index in [9.17, 15) is 5.11 Å². The molecule has 0 heterocycles. The first-order valence-electron chi connectivity index (χ1n) is 8.38. The Morgan fingerprint density at radius 2 is 2.10 bits per heavy atom. The van der Waals surface area contributed by atoms with Crippen molar-refractivity contribution in [3.8, 4) is 5.75 Å². The Morgan fingerprint density at radius 3 is 2.81 bits per heavy atom. The molecule has 2 N–H and O–H groups in total. The lowest BCUT2D eigenvalue weighted by Gasteiger charge is -2.33. The third kappa shape index (κ3) is 3.24. The summed E-state index contributed by atoms with van der Waals surface area (Å²) >= 11 is 0. The van der Waals surface area contributed by atoms with E-state index in [0.29, 0.717) is 12.5 Å². The van der Waals surface area contributed by atoms with Crippen LogP contribution in [0.1, 0.15) is 43.7 Å². The van der Waals surface area contributed by atoms with Gasteiger partial charge in [0.25, 0.3) is 0 Å². The van der Waals surface area contributed by atoms with Crippen molar-refractivity contribution >= 4 is 0 Å². The minimum atomic E-state index is -0.255. The van der Waals surface area contributed by atoms with Gasteiger partial charge in [0.15, 0.2) is 0 Å². The van der Waals surface area contributed by atoms with Gasteiger partial charge in [0.2, 0.25) is 0 Å². The molecule has 3 heteroatoms. The molecule has 1 aromatic rings. The summed E-state index contributed by atoms with van der Waals surface area (Å²) in [5.74, 6) is 1.51. The van der Waals surface area contributed by atoms with Crippen LogP contribution >= 0.6 is 0 Å². The van der Waals surface area contributed by atoms with Gasteiger partial charge in [-0.25, -0.2) is 0 Å². The normalized spacial score (nSPS) is 20.1. The molecule has 0 bridgehead atoms. The quantitative estimate of drug-likeness (QED) is 0.773. The van der Waals surface area contributed by atoms with Gasteiger partial charge in [-0.15, -0.1) is 0 Å². The summed E-state index contributed by atoms with van der Waals surface area (Å²) in [6, 6.07) is 6.48. The average molecular weight is 289 g/mol. The zero-order valence-electron chi connectivity index (χ0n) is 13.0. The van der Waals surface area contributed by atoms with Crippen LogP contribution in [0.5, 0.6) is 5.75 Å². The summed E-state index contributed by atoms with van der Waals surface area (Å²) in [6.45, 7) is 3.81. The predicted octanol–water partition coefficient (Wildman–Crippen LogP) is 2.69. The molecule has 0 spiro atoms. The molecule has 0 aromatic heterocycles. The van der Waals surface area contributed by atoms with Gasteiger partial charge >= 0.3 is 0 Å². The lowest BCUT2D eigenvalue weighted by atomic mass is 9.95. The Balaban J connectivity index is 1.66. The number of hydrogen-bond acceptors (Lipinski definition) is 3. The van der Waals surface area contributed by atoms with Crippen molar-refractivity contribution in [1.82, 2.24) is 5.32 Å². The zero-order valence-corrected chi connectivity index (χ0v) is 13.0. The molecular formula is C18H27NO2. The van der Waals surface area contributed by atoms with E-state index in [2.05, 4.69) is 30.4 Å². The molecule has 2 aliphatic rings. The molecule has 3 nitrogen and oxygen atoms in total. The minimum absolute atomic E-state index is 0.155. The molecule has 3 rings (SSSR count). The molecule has 1 saturated carbocycles. The van der Waals surface area contributed by atoms with Gasteiger partial charge in [-0.3, -0.25) is 0 Å². The monoisotopic (exact) mass is 289 g/mol. The molecule has 1 aromatic carbocycles. The van der Waals surface area contributed by atoms with Crippen LogP contribution in [0.25, 0.3) is 0 Å². The summed E-state index contributed by atoms with van der Waals surface area (Å²) in [4.78, 5) is 0. The number of aliphatic hydroxyl groups excluding tert-OH is 1. The number of nitrogens with one attached hydrogen (secondary N) is 1. The third-order valence-electron chi connectivity index (χ3n) is 4.93. The van der Waals surface area contributed by atoms with Crippen LogP contribution < -0.4 is 10.1 Å². The lowest BCUT2D eigenvalue weighted by molar-refractivity contribution is 0.0850. The largest absolute Gasteiger partial charge is 0.492 e. The highest BCUT2D eigenvalue weighted by Gasteiger charge is 2.45. The summed E-state index contributed by atoms with van der Waals surface area (Å²) in [5.41, 5.74) is 2.66. The van der Waals surface area contributed by atoms with Crippen LogP contribution in [-0.4, -0.2) is 30.4 Å². The van der Waals surface area contributed by atoms with E-state index in [0.717, 1.165) is 18.7 Å². The number of aliphatic hydroxyl groups is 1. The highest BCUT2D eigenvalue weighted by molar-refractivity contribution is 5.38. The van der Waals surface area contributed by atoms with Gasteiger partial charge in [-0.05, 0) is 74.2 Å². The van der Waals surface area contributed by atoms with Crippen molar-refractivity contribution in [1.29, 1.82) is 0 Å². The third-order valence-corrected chi connectivity index (χ3v) is 4.93. The van der Waals surface area contributed by atoms with E-state index < -0.39 is 0 Å². The van der Waals surface area contributed by atoms with Crippen molar-refractivity contribution in [2.75, 3.05) is 19.8 Å². The zero-order chi connectivity index (χ0) is 14.7. The van der Waals surface area contributed by atoms with Crippen LogP contribution in [0.15, 0.2) is 18.2 Å². The summed E-state index contributed by atoms with van der Waals surface area (Å²) in [7, 11) is 0. The van der Waals surface area contributed by atoms with E-state index in [-0.39, 0.29) is 12.1 Å². The van der Waals surface area contributed by atoms with Crippen LogP contribution in [0.4, 0.5) is 0 Å². The predicted molar refractivity (Wildman–Crippen MR) is 84.8 cm³/mol. The van der Waals surface area contributed by atoms with E-state index >= 15 is 0 Å². The molecule has 0 radical (unpaired) electrons. The van der Waals surface area contributed by atoms with Gasteiger partial charge in [0.1, 0.15) is 12.4 Å². The van der Waals surface area contributed by atoms with Crippen molar-refractivity contribution in [2.24, 2.45) is 5.92 Å². The van der Waals surface area contributed by atoms with E-state index in [4.69, 9.17) is 4.74 Å². The summed E-state index contributed by atoms with van der Waals surface area (Å²) in [6.07, 6.45) is 7.12. The van der Waals surface area contributed by atoms with Crippen LogP contribution in [0.3, 0.4) is 0 Å². The average Bonchev–Trinajstić information content (AvgIpc) is 3.26. The lowest BCUT2D eigenvalue weighted by Crippen LogP contribution is -2.55. The van der Waals surface area contributed by atoms with Crippen LogP contribution in [-0.2, 0) is 12.8 Å². The van der Waals surface area contributed by atoms with E-state index in [1.54, 1.807) is 0 Å². The summed E-state index contributed by atoms with van der Waals surface area (Å²) < 4.78 is 6.06. The first kappa shape index (κ1) is 14.9. The van der Waals surface area contributed by atoms with Gasteiger partial charge in [0, 0.05) is 0 Å². The molecule has 1 atom stereocenters. The van der Waals surface area contributed by atoms with Gasteiger partial charge < -0.3 is 15.2 Å². The Bertz CT molecular complexity index is 484. The molecule has 2 aliphatic carbocycles. The van der Waals surface area contributed by atoms with Gasteiger partial charge in [-0.1, -0.05) is 13.0 Å². The van der Waals surface area contributed by atoms with Crippen LogP contribution in [0.2, 0.25) is 0 Å².